The highest BCUT2D eigenvalue weighted by atomic mass is 14.2. The Morgan fingerprint density at radius 3 is 1.57 bits per heavy atom. The first-order valence-corrected chi connectivity index (χ1v) is 17.4. The molecule has 0 heterocycles. The number of hydrogen-bond donors (Lipinski definition) is 0. The standard InChI is InChI=1S/C49H34/c1-31-28-41-8-4-5-9-42(41)47(29-31)36-17-15-35(16-18-36)44-25-21-38-22-26-45-43(24-20-37-23-27-46(44)49(38)48(37)45)34-13-10-33(11-14-34)40-19-12-32-6-2-3-7-39(32)30-40/h2-27,29-31H,28H2,1H3. The molecule has 49 heavy (non-hydrogen) atoms. The van der Waals surface area contributed by atoms with E-state index in [2.05, 4.69) is 177 Å². The monoisotopic (exact) mass is 622 g/mol. The van der Waals surface area contributed by atoms with Gasteiger partial charge in [-0.3, -0.25) is 0 Å². The van der Waals surface area contributed by atoms with Gasteiger partial charge in [0.05, 0.1) is 0 Å². The molecule has 0 saturated carbocycles. The maximum atomic E-state index is 2.45. The van der Waals surface area contributed by atoms with Gasteiger partial charge in [-0.25, -0.2) is 0 Å². The molecule has 0 heteroatoms. The van der Waals surface area contributed by atoms with Crippen molar-refractivity contribution in [3.8, 4) is 33.4 Å². The average molecular weight is 623 g/mol. The van der Waals surface area contributed by atoms with Gasteiger partial charge in [0, 0.05) is 0 Å². The Balaban J connectivity index is 1.05. The zero-order valence-corrected chi connectivity index (χ0v) is 27.5. The third kappa shape index (κ3) is 4.60. The molecule has 1 atom stereocenters. The van der Waals surface area contributed by atoms with Crippen LogP contribution >= 0.6 is 0 Å². The van der Waals surface area contributed by atoms with Crippen molar-refractivity contribution in [1.29, 1.82) is 0 Å². The fourth-order valence-corrected chi connectivity index (χ4v) is 8.34. The van der Waals surface area contributed by atoms with Gasteiger partial charge in [0.1, 0.15) is 0 Å². The van der Waals surface area contributed by atoms with Crippen LogP contribution in [0.3, 0.4) is 0 Å². The first-order chi connectivity index (χ1) is 24.2. The van der Waals surface area contributed by atoms with E-state index in [1.165, 1.54) is 98.7 Å². The van der Waals surface area contributed by atoms with E-state index in [0.717, 1.165) is 6.42 Å². The highest BCUT2D eigenvalue weighted by molar-refractivity contribution is 6.27. The molecule has 1 aliphatic carbocycles. The molecule has 0 nitrogen and oxygen atoms in total. The molecule has 0 bridgehead atoms. The second-order valence-corrected chi connectivity index (χ2v) is 13.8. The predicted molar refractivity (Wildman–Crippen MR) is 210 cm³/mol. The Labute approximate surface area is 286 Å². The van der Waals surface area contributed by atoms with E-state index in [1.807, 2.05) is 0 Å². The van der Waals surface area contributed by atoms with Crippen LogP contribution in [0.1, 0.15) is 23.6 Å². The van der Waals surface area contributed by atoms with Gasteiger partial charge in [0.2, 0.25) is 0 Å². The average Bonchev–Trinajstić information content (AvgIpc) is 3.16. The molecule has 0 aliphatic heterocycles. The lowest BCUT2D eigenvalue weighted by Crippen LogP contribution is -2.07. The van der Waals surface area contributed by atoms with Crippen LogP contribution in [0.25, 0.3) is 82.0 Å². The van der Waals surface area contributed by atoms with Crippen LogP contribution in [0.4, 0.5) is 0 Å². The van der Waals surface area contributed by atoms with Gasteiger partial charge in [0.25, 0.3) is 0 Å². The molecule has 0 amide bonds. The summed E-state index contributed by atoms with van der Waals surface area (Å²) < 4.78 is 0. The largest absolute Gasteiger partial charge is 0.0729 e. The van der Waals surface area contributed by atoms with Crippen molar-refractivity contribution in [2.75, 3.05) is 0 Å². The first kappa shape index (κ1) is 28.1. The summed E-state index contributed by atoms with van der Waals surface area (Å²) in [6.07, 6.45) is 3.56. The summed E-state index contributed by atoms with van der Waals surface area (Å²) in [7, 11) is 0. The van der Waals surface area contributed by atoms with E-state index >= 15 is 0 Å². The zero-order valence-electron chi connectivity index (χ0n) is 27.5. The fourth-order valence-electron chi connectivity index (χ4n) is 8.34. The minimum atomic E-state index is 0.537. The van der Waals surface area contributed by atoms with E-state index in [-0.39, 0.29) is 0 Å². The van der Waals surface area contributed by atoms with Crippen molar-refractivity contribution in [2.24, 2.45) is 5.92 Å². The molecule has 9 aromatic carbocycles. The van der Waals surface area contributed by atoms with Gasteiger partial charge in [-0.1, -0.05) is 171 Å². The number of hydrogen-bond acceptors (Lipinski definition) is 0. The quantitative estimate of drug-likeness (QED) is 0.171. The van der Waals surface area contributed by atoms with Crippen molar-refractivity contribution >= 4 is 48.7 Å². The molecule has 1 aliphatic rings. The van der Waals surface area contributed by atoms with Crippen LogP contribution < -0.4 is 0 Å². The Bertz CT molecular complexity index is 2720. The molecule has 0 spiro atoms. The minimum absolute atomic E-state index is 0.537. The molecular weight excluding hydrogens is 589 g/mol. The Hall–Kier alpha value is -5.98. The van der Waals surface area contributed by atoms with Crippen molar-refractivity contribution in [3.05, 3.63) is 187 Å². The lowest BCUT2D eigenvalue weighted by atomic mass is 9.82. The SMILES string of the molecule is CC1C=C(c2ccc(-c3ccc4ccc5c(-c6ccc(-c7ccc8ccccc8c7)cc6)ccc6ccc3c4c65)cc2)c2ccccc2C1. The summed E-state index contributed by atoms with van der Waals surface area (Å²) in [6.45, 7) is 2.32. The van der Waals surface area contributed by atoms with E-state index in [1.54, 1.807) is 0 Å². The Morgan fingerprint density at radius 2 is 0.898 bits per heavy atom. The van der Waals surface area contributed by atoms with Gasteiger partial charge in [0.15, 0.2) is 0 Å². The molecule has 0 radical (unpaired) electrons. The van der Waals surface area contributed by atoms with Gasteiger partial charge in [-0.2, -0.15) is 0 Å². The maximum Gasteiger partial charge on any atom is -0.00203 e. The van der Waals surface area contributed by atoms with Crippen LogP contribution in [0, 0.1) is 5.92 Å². The molecule has 1 unspecified atom stereocenters. The fraction of sp³-hybridized carbons (Fsp3) is 0.0612. The molecule has 0 fully saturated rings. The zero-order chi connectivity index (χ0) is 32.5. The Morgan fingerprint density at radius 1 is 0.388 bits per heavy atom. The number of benzene rings is 9. The van der Waals surface area contributed by atoms with Gasteiger partial charge in [-0.05, 0) is 117 Å². The van der Waals surface area contributed by atoms with Gasteiger partial charge in [-0.15, -0.1) is 0 Å². The summed E-state index contributed by atoms with van der Waals surface area (Å²) in [4.78, 5) is 0. The summed E-state index contributed by atoms with van der Waals surface area (Å²) in [5.74, 6) is 0.537. The number of fused-ring (bicyclic) bond motifs is 2. The highest BCUT2D eigenvalue weighted by Gasteiger charge is 2.19. The van der Waals surface area contributed by atoms with Crippen LogP contribution in [0.5, 0.6) is 0 Å². The van der Waals surface area contributed by atoms with Gasteiger partial charge < -0.3 is 0 Å². The van der Waals surface area contributed by atoms with Crippen LogP contribution in [-0.4, -0.2) is 0 Å². The molecule has 0 aromatic heterocycles. The van der Waals surface area contributed by atoms with E-state index in [0.29, 0.717) is 5.92 Å². The number of allylic oxidation sites excluding steroid dienone is 1. The normalized spacial score (nSPS) is 14.5. The lowest BCUT2D eigenvalue weighted by Gasteiger charge is -2.22. The van der Waals surface area contributed by atoms with Crippen molar-refractivity contribution in [1.82, 2.24) is 0 Å². The maximum absolute atomic E-state index is 2.45. The molecule has 10 rings (SSSR count). The van der Waals surface area contributed by atoms with Crippen LogP contribution in [0.15, 0.2) is 170 Å². The predicted octanol–water partition coefficient (Wildman–Crippen LogP) is 13.4. The molecule has 230 valence electrons. The molecule has 0 saturated heterocycles. The van der Waals surface area contributed by atoms with Crippen LogP contribution in [0.2, 0.25) is 0 Å². The Kier molecular flexibility index (Phi) is 6.33. The van der Waals surface area contributed by atoms with Crippen molar-refractivity contribution < 1.29 is 0 Å². The van der Waals surface area contributed by atoms with E-state index < -0.39 is 0 Å². The third-order valence-electron chi connectivity index (χ3n) is 10.8. The summed E-state index contributed by atoms with van der Waals surface area (Å²) in [6, 6.07) is 61.0. The smallest absolute Gasteiger partial charge is 0.00203 e. The number of rotatable bonds is 4. The summed E-state index contributed by atoms with van der Waals surface area (Å²) in [5, 5.41) is 10.4. The summed E-state index contributed by atoms with van der Waals surface area (Å²) >= 11 is 0. The first-order valence-electron chi connectivity index (χ1n) is 17.4. The lowest BCUT2D eigenvalue weighted by molar-refractivity contribution is 0.714. The second kappa shape index (κ2) is 11.0. The summed E-state index contributed by atoms with van der Waals surface area (Å²) in [5.41, 5.74) is 13.0. The van der Waals surface area contributed by atoms with Crippen molar-refractivity contribution in [3.63, 3.8) is 0 Å². The molecule has 9 aromatic rings. The molecular formula is C49H34. The van der Waals surface area contributed by atoms with E-state index in [4.69, 9.17) is 0 Å². The highest BCUT2D eigenvalue weighted by Crippen LogP contribution is 2.43. The molecule has 0 N–H and O–H groups in total. The van der Waals surface area contributed by atoms with E-state index in [9.17, 15) is 0 Å². The second-order valence-electron chi connectivity index (χ2n) is 13.8. The third-order valence-corrected chi connectivity index (χ3v) is 10.8. The van der Waals surface area contributed by atoms with Crippen LogP contribution in [-0.2, 0) is 6.42 Å². The van der Waals surface area contributed by atoms with Gasteiger partial charge >= 0.3 is 0 Å². The van der Waals surface area contributed by atoms with Crippen molar-refractivity contribution in [2.45, 2.75) is 13.3 Å². The minimum Gasteiger partial charge on any atom is -0.0729 e. The topological polar surface area (TPSA) is 0 Å².